The standard InChI is InChI=1S/C25H20F4N8O/c1-13-19(24(38)35-18-10-33-36(11-18)14(2)15-3-5-17(26)6-4-15)7-16(9-31-13)21-8-20(25(27,28)29)22-23(30)32-12-34-37(21)22/h3-12,14H,1-2H3,(H,35,38)(H2,30,32,34). The van der Waals surface area contributed by atoms with E-state index < -0.39 is 17.6 Å². The number of aromatic nitrogens is 6. The summed E-state index contributed by atoms with van der Waals surface area (Å²) in [7, 11) is 0. The number of aryl methyl sites for hydroxylation is 1. The maximum absolute atomic E-state index is 13.7. The maximum atomic E-state index is 13.7. The number of nitrogen functional groups attached to an aromatic ring is 1. The Kier molecular flexibility index (Phi) is 6.05. The normalized spacial score (nSPS) is 12.6. The maximum Gasteiger partial charge on any atom is 0.418 e. The molecule has 0 aliphatic rings. The molecule has 1 atom stereocenters. The Bertz CT molecular complexity index is 1660. The predicted molar refractivity (Wildman–Crippen MR) is 131 cm³/mol. The van der Waals surface area contributed by atoms with E-state index in [1.807, 2.05) is 6.92 Å². The van der Waals surface area contributed by atoms with Crippen LogP contribution in [-0.4, -0.2) is 35.3 Å². The zero-order chi connectivity index (χ0) is 27.2. The molecule has 1 unspecified atom stereocenters. The van der Waals surface area contributed by atoms with E-state index in [0.29, 0.717) is 11.4 Å². The lowest BCUT2D eigenvalue weighted by atomic mass is 10.1. The molecular formula is C25H20F4N8O. The second kappa shape index (κ2) is 9.25. The quantitative estimate of drug-likeness (QED) is 0.316. The zero-order valence-electron chi connectivity index (χ0n) is 20.0. The van der Waals surface area contributed by atoms with Crippen LogP contribution in [0.2, 0.25) is 0 Å². The number of hydrogen-bond acceptors (Lipinski definition) is 6. The fraction of sp³-hybridized carbons (Fsp3) is 0.160. The van der Waals surface area contributed by atoms with Crippen molar-refractivity contribution in [1.29, 1.82) is 0 Å². The third kappa shape index (κ3) is 4.53. The van der Waals surface area contributed by atoms with Crippen molar-refractivity contribution in [3.05, 3.63) is 89.5 Å². The number of nitrogens with one attached hydrogen (secondary N) is 1. The summed E-state index contributed by atoms with van der Waals surface area (Å²) in [5.74, 6) is -1.21. The predicted octanol–water partition coefficient (Wildman–Crippen LogP) is 4.90. The molecule has 5 aromatic rings. The van der Waals surface area contributed by atoms with Gasteiger partial charge in [0.05, 0.1) is 40.4 Å². The topological polar surface area (TPSA) is 116 Å². The van der Waals surface area contributed by atoms with Crippen LogP contribution in [0.25, 0.3) is 16.8 Å². The summed E-state index contributed by atoms with van der Waals surface area (Å²) in [6.07, 6.45) is 0.779. The molecule has 0 saturated carbocycles. The van der Waals surface area contributed by atoms with Gasteiger partial charge < -0.3 is 11.1 Å². The Labute approximate surface area is 212 Å². The monoisotopic (exact) mass is 524 g/mol. The van der Waals surface area contributed by atoms with E-state index in [1.165, 1.54) is 30.6 Å². The first-order valence-electron chi connectivity index (χ1n) is 11.3. The van der Waals surface area contributed by atoms with Gasteiger partial charge in [0.1, 0.15) is 17.7 Å². The van der Waals surface area contributed by atoms with E-state index in [4.69, 9.17) is 5.73 Å². The molecule has 4 heterocycles. The molecule has 9 nitrogen and oxygen atoms in total. The van der Waals surface area contributed by atoms with Crippen LogP contribution in [0.15, 0.2) is 61.3 Å². The van der Waals surface area contributed by atoms with Crippen LogP contribution in [0.5, 0.6) is 0 Å². The van der Waals surface area contributed by atoms with Crippen molar-refractivity contribution in [1.82, 2.24) is 29.4 Å². The van der Waals surface area contributed by atoms with Gasteiger partial charge in [-0.25, -0.2) is 13.9 Å². The first-order chi connectivity index (χ1) is 18.0. The summed E-state index contributed by atoms with van der Waals surface area (Å²) >= 11 is 0. The molecule has 0 radical (unpaired) electrons. The highest BCUT2D eigenvalue weighted by Crippen LogP contribution is 2.38. The molecule has 13 heteroatoms. The molecule has 0 aliphatic heterocycles. The van der Waals surface area contributed by atoms with Crippen LogP contribution in [0, 0.1) is 12.7 Å². The molecular weight excluding hydrogens is 504 g/mol. The number of nitrogens with two attached hydrogens (primary N) is 1. The lowest BCUT2D eigenvalue weighted by Gasteiger charge is -2.12. The minimum atomic E-state index is -4.70. The van der Waals surface area contributed by atoms with Crippen LogP contribution in [-0.2, 0) is 6.18 Å². The largest absolute Gasteiger partial charge is 0.418 e. The lowest BCUT2D eigenvalue weighted by Crippen LogP contribution is -2.14. The highest BCUT2D eigenvalue weighted by molar-refractivity contribution is 6.05. The van der Waals surface area contributed by atoms with E-state index >= 15 is 0 Å². The van der Waals surface area contributed by atoms with E-state index in [1.54, 1.807) is 29.9 Å². The van der Waals surface area contributed by atoms with Gasteiger partial charge in [-0.2, -0.15) is 23.4 Å². The van der Waals surface area contributed by atoms with E-state index in [2.05, 4.69) is 25.5 Å². The van der Waals surface area contributed by atoms with Gasteiger partial charge in [-0.1, -0.05) is 12.1 Å². The van der Waals surface area contributed by atoms with E-state index in [-0.39, 0.29) is 40.0 Å². The molecule has 4 aromatic heterocycles. The van der Waals surface area contributed by atoms with E-state index in [0.717, 1.165) is 22.5 Å². The molecule has 0 fully saturated rings. The zero-order valence-corrected chi connectivity index (χ0v) is 20.0. The third-order valence-corrected chi connectivity index (χ3v) is 6.12. The SMILES string of the molecule is Cc1ncc(-c2cc(C(F)(F)F)c3c(N)ncnn23)cc1C(=O)Nc1cnn(C(C)c2ccc(F)cc2)c1. The van der Waals surface area contributed by atoms with Crippen molar-refractivity contribution in [2.24, 2.45) is 0 Å². The minimum absolute atomic E-state index is 0.0453. The lowest BCUT2D eigenvalue weighted by molar-refractivity contribution is -0.136. The molecule has 3 N–H and O–H groups in total. The van der Waals surface area contributed by atoms with Crippen LogP contribution in [0.4, 0.5) is 29.1 Å². The van der Waals surface area contributed by atoms with Gasteiger partial charge >= 0.3 is 6.18 Å². The van der Waals surface area contributed by atoms with Crippen molar-refractivity contribution in [2.75, 3.05) is 11.1 Å². The van der Waals surface area contributed by atoms with Crippen LogP contribution >= 0.6 is 0 Å². The Morgan fingerprint density at radius 3 is 2.53 bits per heavy atom. The van der Waals surface area contributed by atoms with Gasteiger partial charge in [0.15, 0.2) is 5.82 Å². The fourth-order valence-corrected chi connectivity index (χ4v) is 4.10. The molecule has 5 rings (SSSR count). The van der Waals surface area contributed by atoms with Gasteiger partial charge in [0, 0.05) is 18.0 Å². The number of rotatable bonds is 5. The van der Waals surface area contributed by atoms with Crippen molar-refractivity contribution in [3.63, 3.8) is 0 Å². The number of nitrogens with zero attached hydrogens (tertiary/aromatic N) is 6. The van der Waals surface area contributed by atoms with Crippen molar-refractivity contribution in [2.45, 2.75) is 26.1 Å². The molecule has 0 saturated heterocycles. The summed E-state index contributed by atoms with van der Waals surface area (Å²) < 4.78 is 57.0. The molecule has 38 heavy (non-hydrogen) atoms. The van der Waals surface area contributed by atoms with Crippen molar-refractivity contribution >= 4 is 22.9 Å². The number of halogens is 4. The number of fused-ring (bicyclic) bond motifs is 1. The van der Waals surface area contributed by atoms with Crippen LogP contribution in [0.1, 0.15) is 40.1 Å². The number of carbonyl (C=O) groups excluding carboxylic acids is 1. The number of amides is 1. The third-order valence-electron chi connectivity index (χ3n) is 6.12. The summed E-state index contributed by atoms with van der Waals surface area (Å²) in [4.78, 5) is 21.0. The van der Waals surface area contributed by atoms with Crippen molar-refractivity contribution < 1.29 is 22.4 Å². The number of hydrogen-bond donors (Lipinski definition) is 2. The number of pyridine rings is 1. The highest BCUT2D eigenvalue weighted by atomic mass is 19.4. The Balaban J connectivity index is 1.45. The van der Waals surface area contributed by atoms with Crippen LogP contribution < -0.4 is 11.1 Å². The molecule has 0 bridgehead atoms. The fourth-order valence-electron chi connectivity index (χ4n) is 4.10. The first-order valence-corrected chi connectivity index (χ1v) is 11.3. The van der Waals surface area contributed by atoms with Gasteiger partial charge in [-0.15, -0.1) is 0 Å². The average Bonchev–Trinajstić information content (AvgIpc) is 3.50. The van der Waals surface area contributed by atoms with Gasteiger partial charge in [-0.3, -0.25) is 14.5 Å². The molecule has 1 amide bonds. The minimum Gasteiger partial charge on any atom is -0.382 e. The number of anilines is 2. The molecule has 194 valence electrons. The average molecular weight is 524 g/mol. The molecule has 1 aromatic carbocycles. The van der Waals surface area contributed by atoms with Gasteiger partial charge in [0.25, 0.3) is 5.91 Å². The van der Waals surface area contributed by atoms with E-state index in [9.17, 15) is 22.4 Å². The summed E-state index contributed by atoms with van der Waals surface area (Å²) in [6, 6.07) is 8.11. The summed E-state index contributed by atoms with van der Waals surface area (Å²) in [5.41, 5.74) is 6.33. The Hall–Kier alpha value is -4.81. The van der Waals surface area contributed by atoms with Gasteiger partial charge in [0.2, 0.25) is 0 Å². The van der Waals surface area contributed by atoms with Gasteiger partial charge in [-0.05, 0) is 43.7 Å². The second-order valence-electron chi connectivity index (χ2n) is 8.59. The van der Waals surface area contributed by atoms with Crippen LogP contribution in [0.3, 0.4) is 0 Å². The Morgan fingerprint density at radius 2 is 1.82 bits per heavy atom. The number of alkyl halides is 3. The second-order valence-corrected chi connectivity index (χ2v) is 8.59. The first kappa shape index (κ1) is 24.9. The summed E-state index contributed by atoms with van der Waals surface area (Å²) in [5, 5.41) is 10.9. The summed E-state index contributed by atoms with van der Waals surface area (Å²) in [6.45, 7) is 3.48. The Morgan fingerprint density at radius 1 is 1.08 bits per heavy atom. The molecule has 0 spiro atoms. The highest BCUT2D eigenvalue weighted by Gasteiger charge is 2.36. The number of benzene rings is 1. The number of carbonyl (C=O) groups is 1. The smallest absolute Gasteiger partial charge is 0.382 e. The van der Waals surface area contributed by atoms with Crippen molar-refractivity contribution in [3.8, 4) is 11.3 Å². The molecule has 0 aliphatic carbocycles.